The molecule has 0 aliphatic heterocycles. The van der Waals surface area contributed by atoms with Gasteiger partial charge in [-0.2, -0.15) is 10.2 Å². The van der Waals surface area contributed by atoms with Gasteiger partial charge in [-0.05, 0) is 13.0 Å². The van der Waals surface area contributed by atoms with Gasteiger partial charge in [0.15, 0.2) is 11.6 Å². The Morgan fingerprint density at radius 1 is 1.17 bits per heavy atom. The molecule has 0 N–H and O–H groups in total. The molecule has 0 spiro atoms. The fourth-order valence-electron chi connectivity index (χ4n) is 1.77. The molecule has 0 atom stereocenters. The summed E-state index contributed by atoms with van der Waals surface area (Å²) in [7, 11) is 3.47. The highest BCUT2D eigenvalue weighted by atomic mass is 16.1. The van der Waals surface area contributed by atoms with Gasteiger partial charge < -0.3 is 0 Å². The molecule has 0 unspecified atom stereocenters. The molecule has 0 saturated heterocycles. The molecule has 6 heteroatoms. The Balaban J connectivity index is 2.13. The lowest BCUT2D eigenvalue weighted by molar-refractivity contribution is 0.0890. The second-order valence-corrected chi connectivity index (χ2v) is 4.20. The number of rotatable bonds is 4. The molecule has 2 rings (SSSR count). The van der Waals surface area contributed by atoms with Crippen molar-refractivity contribution in [2.75, 3.05) is 0 Å². The normalized spacial score (nSPS) is 10.6. The van der Waals surface area contributed by atoms with Crippen LogP contribution in [0.5, 0.6) is 0 Å². The standard InChI is InChI=1S/C12H14N4O2/c1-8-9(7-16(3)13-8)11(17)6-12(18)10-4-5-15(2)14-10/h4-5,7H,6H2,1-3H3. The second kappa shape index (κ2) is 4.56. The molecular formula is C12H14N4O2. The third kappa shape index (κ3) is 2.37. The Morgan fingerprint density at radius 3 is 2.39 bits per heavy atom. The summed E-state index contributed by atoms with van der Waals surface area (Å²) in [6.07, 6.45) is 3.12. The minimum Gasteiger partial charge on any atom is -0.294 e. The van der Waals surface area contributed by atoms with Crippen molar-refractivity contribution in [3.05, 3.63) is 35.4 Å². The molecule has 2 heterocycles. The topological polar surface area (TPSA) is 69.8 Å². The fraction of sp³-hybridized carbons (Fsp3) is 0.333. The Morgan fingerprint density at radius 2 is 1.89 bits per heavy atom. The van der Waals surface area contributed by atoms with Crippen molar-refractivity contribution in [2.45, 2.75) is 13.3 Å². The first-order valence-electron chi connectivity index (χ1n) is 5.53. The minimum atomic E-state index is -0.274. The summed E-state index contributed by atoms with van der Waals surface area (Å²) in [5, 5.41) is 8.06. The van der Waals surface area contributed by atoms with Crippen LogP contribution in [0.1, 0.15) is 33.0 Å². The maximum Gasteiger partial charge on any atom is 0.190 e. The van der Waals surface area contributed by atoms with E-state index in [9.17, 15) is 9.59 Å². The lowest BCUT2D eigenvalue weighted by atomic mass is 10.1. The zero-order valence-electron chi connectivity index (χ0n) is 10.5. The molecule has 0 bridgehead atoms. The average molecular weight is 246 g/mol. The molecule has 0 radical (unpaired) electrons. The van der Waals surface area contributed by atoms with Crippen molar-refractivity contribution in [3.63, 3.8) is 0 Å². The first kappa shape index (κ1) is 12.2. The Labute approximate surface area is 104 Å². The van der Waals surface area contributed by atoms with Crippen LogP contribution in [0, 0.1) is 6.92 Å². The molecule has 0 aliphatic rings. The summed E-state index contributed by atoms with van der Waals surface area (Å²) >= 11 is 0. The molecular weight excluding hydrogens is 232 g/mol. The van der Waals surface area contributed by atoms with E-state index in [0.717, 1.165) is 0 Å². The van der Waals surface area contributed by atoms with Crippen LogP contribution in [0.3, 0.4) is 0 Å². The largest absolute Gasteiger partial charge is 0.294 e. The van der Waals surface area contributed by atoms with Crippen LogP contribution in [-0.2, 0) is 14.1 Å². The average Bonchev–Trinajstić information content (AvgIpc) is 2.84. The van der Waals surface area contributed by atoms with Crippen LogP contribution in [-0.4, -0.2) is 31.1 Å². The first-order valence-corrected chi connectivity index (χ1v) is 5.53. The minimum absolute atomic E-state index is 0.177. The fourth-order valence-corrected chi connectivity index (χ4v) is 1.77. The van der Waals surface area contributed by atoms with Crippen LogP contribution in [0.4, 0.5) is 0 Å². The highest BCUT2D eigenvalue weighted by Crippen LogP contribution is 2.10. The van der Waals surface area contributed by atoms with Gasteiger partial charge in [0.2, 0.25) is 0 Å². The zero-order valence-corrected chi connectivity index (χ0v) is 10.5. The Bertz CT molecular complexity index is 609. The van der Waals surface area contributed by atoms with Gasteiger partial charge in [0.25, 0.3) is 0 Å². The van der Waals surface area contributed by atoms with Gasteiger partial charge in [-0.1, -0.05) is 0 Å². The van der Waals surface area contributed by atoms with Gasteiger partial charge >= 0.3 is 0 Å². The summed E-state index contributed by atoms with van der Waals surface area (Å²) in [5.74, 6) is -0.500. The smallest absolute Gasteiger partial charge is 0.190 e. The predicted octanol–water partition coefficient (Wildman–Crippen LogP) is 0.918. The van der Waals surface area contributed by atoms with Gasteiger partial charge in [-0.3, -0.25) is 19.0 Å². The van der Waals surface area contributed by atoms with Crippen molar-refractivity contribution in [1.82, 2.24) is 19.6 Å². The zero-order chi connectivity index (χ0) is 13.3. The number of aromatic nitrogens is 4. The summed E-state index contributed by atoms with van der Waals surface area (Å²) < 4.78 is 3.10. The second-order valence-electron chi connectivity index (χ2n) is 4.20. The summed E-state index contributed by atoms with van der Waals surface area (Å²) in [5.41, 5.74) is 1.44. The number of hydrogen-bond acceptors (Lipinski definition) is 4. The third-order valence-corrected chi connectivity index (χ3v) is 2.63. The van der Waals surface area contributed by atoms with E-state index in [1.54, 1.807) is 44.2 Å². The molecule has 94 valence electrons. The highest BCUT2D eigenvalue weighted by molar-refractivity contribution is 6.13. The van der Waals surface area contributed by atoms with E-state index in [0.29, 0.717) is 17.0 Å². The molecule has 2 aromatic rings. The van der Waals surface area contributed by atoms with Gasteiger partial charge in [-0.15, -0.1) is 0 Å². The Hall–Kier alpha value is -2.24. The molecule has 6 nitrogen and oxygen atoms in total. The van der Waals surface area contributed by atoms with Crippen LogP contribution in [0.2, 0.25) is 0 Å². The third-order valence-electron chi connectivity index (χ3n) is 2.63. The maximum atomic E-state index is 12.0. The lowest BCUT2D eigenvalue weighted by Gasteiger charge is -1.96. The van der Waals surface area contributed by atoms with Gasteiger partial charge in [-0.25, -0.2) is 0 Å². The van der Waals surface area contributed by atoms with E-state index in [2.05, 4.69) is 10.2 Å². The molecule has 0 fully saturated rings. The summed E-state index contributed by atoms with van der Waals surface area (Å²) in [6.45, 7) is 1.75. The first-order chi connectivity index (χ1) is 8.47. The van der Waals surface area contributed by atoms with Crippen molar-refractivity contribution < 1.29 is 9.59 Å². The number of hydrogen-bond donors (Lipinski definition) is 0. The van der Waals surface area contributed by atoms with E-state index in [4.69, 9.17) is 0 Å². The molecule has 0 aromatic carbocycles. The van der Waals surface area contributed by atoms with Crippen LogP contribution in [0.15, 0.2) is 18.5 Å². The van der Waals surface area contributed by atoms with Crippen LogP contribution in [0.25, 0.3) is 0 Å². The van der Waals surface area contributed by atoms with Crippen molar-refractivity contribution in [1.29, 1.82) is 0 Å². The van der Waals surface area contributed by atoms with E-state index in [1.807, 2.05) is 0 Å². The van der Waals surface area contributed by atoms with E-state index in [-0.39, 0.29) is 18.0 Å². The van der Waals surface area contributed by atoms with E-state index < -0.39 is 0 Å². The van der Waals surface area contributed by atoms with Gasteiger partial charge in [0.05, 0.1) is 17.7 Å². The summed E-state index contributed by atoms with van der Waals surface area (Å²) in [4.78, 5) is 23.8. The van der Waals surface area contributed by atoms with Crippen molar-refractivity contribution in [3.8, 4) is 0 Å². The van der Waals surface area contributed by atoms with E-state index >= 15 is 0 Å². The molecule has 18 heavy (non-hydrogen) atoms. The van der Waals surface area contributed by atoms with Crippen molar-refractivity contribution in [2.24, 2.45) is 14.1 Å². The van der Waals surface area contributed by atoms with Crippen LogP contribution >= 0.6 is 0 Å². The number of ketones is 2. The number of carbonyl (C=O) groups is 2. The molecule has 0 aliphatic carbocycles. The van der Waals surface area contributed by atoms with Crippen LogP contribution < -0.4 is 0 Å². The van der Waals surface area contributed by atoms with Gasteiger partial charge in [0.1, 0.15) is 5.69 Å². The SMILES string of the molecule is Cc1nn(C)cc1C(=O)CC(=O)c1ccn(C)n1. The van der Waals surface area contributed by atoms with E-state index in [1.165, 1.54) is 4.68 Å². The number of aryl methyl sites for hydroxylation is 3. The number of carbonyl (C=O) groups excluding carboxylic acids is 2. The maximum absolute atomic E-state index is 12.0. The monoisotopic (exact) mass is 246 g/mol. The summed E-state index contributed by atoms with van der Waals surface area (Å²) in [6, 6.07) is 1.60. The molecule has 2 aromatic heterocycles. The molecule has 0 saturated carbocycles. The molecule has 0 amide bonds. The number of Topliss-reactive ketones (excluding diaryl/α,β-unsaturated/α-hetero) is 2. The van der Waals surface area contributed by atoms with Gasteiger partial charge in [0, 0.05) is 26.5 Å². The predicted molar refractivity (Wildman–Crippen MR) is 64.4 cm³/mol. The van der Waals surface area contributed by atoms with Crippen molar-refractivity contribution >= 4 is 11.6 Å². The quantitative estimate of drug-likeness (QED) is 0.594. The Kier molecular flexibility index (Phi) is 3.10. The highest BCUT2D eigenvalue weighted by Gasteiger charge is 2.18. The number of nitrogens with zero attached hydrogens (tertiary/aromatic N) is 4. The lowest BCUT2D eigenvalue weighted by Crippen LogP contribution is -2.10.